The van der Waals surface area contributed by atoms with E-state index in [4.69, 9.17) is 21.1 Å². The van der Waals surface area contributed by atoms with E-state index in [2.05, 4.69) is 0 Å². The van der Waals surface area contributed by atoms with Crippen molar-refractivity contribution in [3.8, 4) is 17.2 Å². The van der Waals surface area contributed by atoms with Gasteiger partial charge < -0.3 is 14.6 Å². The van der Waals surface area contributed by atoms with Gasteiger partial charge in [-0.15, -0.1) is 0 Å². The number of methoxy groups -OCH3 is 2. The van der Waals surface area contributed by atoms with Crippen molar-refractivity contribution in [1.29, 1.82) is 0 Å². The summed E-state index contributed by atoms with van der Waals surface area (Å²) in [7, 11) is 2.82. The van der Waals surface area contributed by atoms with E-state index in [9.17, 15) is 33.5 Å². The van der Waals surface area contributed by atoms with E-state index in [0.29, 0.717) is 22.4 Å². The second kappa shape index (κ2) is 11.5. The van der Waals surface area contributed by atoms with Gasteiger partial charge >= 0.3 is 0 Å². The van der Waals surface area contributed by atoms with Crippen LogP contribution in [0.4, 0.5) is 15.8 Å². The fourth-order valence-electron chi connectivity index (χ4n) is 8.50. The lowest BCUT2D eigenvalue weighted by Crippen LogP contribution is -2.49. The normalized spacial score (nSPS) is 27.5. The molecule has 3 aromatic rings. The van der Waals surface area contributed by atoms with Crippen molar-refractivity contribution in [2.75, 3.05) is 24.0 Å². The van der Waals surface area contributed by atoms with Crippen molar-refractivity contribution < 1.29 is 42.9 Å². The zero-order valence-corrected chi connectivity index (χ0v) is 27.8. The number of fused-ring (bicyclic) bond motifs is 4. The predicted molar refractivity (Wildman–Crippen MR) is 176 cm³/mol. The summed E-state index contributed by atoms with van der Waals surface area (Å²) in [6.45, 7) is 3.11. The van der Waals surface area contributed by atoms with Crippen molar-refractivity contribution in [2.24, 2.45) is 29.1 Å². The van der Waals surface area contributed by atoms with E-state index in [0.717, 1.165) is 15.9 Å². The molecule has 0 aromatic heterocycles. The van der Waals surface area contributed by atoms with E-state index in [-0.39, 0.29) is 52.5 Å². The van der Waals surface area contributed by atoms with E-state index >= 15 is 0 Å². The largest absolute Gasteiger partial charge is 0.508 e. The highest BCUT2D eigenvalue weighted by Gasteiger charge is 2.68. The molecule has 0 radical (unpaired) electrons. The highest BCUT2D eigenvalue weighted by Crippen LogP contribution is 2.65. The lowest BCUT2D eigenvalue weighted by atomic mass is 9.51. The Kier molecular flexibility index (Phi) is 7.66. The quantitative estimate of drug-likeness (QED) is 0.195. The molecule has 252 valence electrons. The second-order valence-electron chi connectivity index (χ2n) is 13.1. The molecule has 12 heteroatoms. The van der Waals surface area contributed by atoms with Crippen molar-refractivity contribution in [2.45, 2.75) is 32.6 Å². The monoisotopic (exact) mass is 686 g/mol. The number of ketones is 1. The lowest BCUT2D eigenvalue weighted by molar-refractivity contribution is -0.131. The number of phenols is 1. The van der Waals surface area contributed by atoms with Gasteiger partial charge in [0.15, 0.2) is 5.78 Å². The number of anilines is 2. The van der Waals surface area contributed by atoms with Crippen LogP contribution < -0.4 is 19.3 Å². The summed E-state index contributed by atoms with van der Waals surface area (Å²) in [5.74, 6) is -6.63. The van der Waals surface area contributed by atoms with Gasteiger partial charge in [0.2, 0.25) is 23.6 Å². The van der Waals surface area contributed by atoms with Gasteiger partial charge in [-0.25, -0.2) is 9.29 Å². The molecule has 1 saturated carbocycles. The Hall–Kier alpha value is -5.03. The van der Waals surface area contributed by atoms with Gasteiger partial charge in [-0.05, 0) is 75.1 Å². The van der Waals surface area contributed by atoms with Gasteiger partial charge in [0.1, 0.15) is 23.1 Å². The van der Waals surface area contributed by atoms with Crippen molar-refractivity contribution in [3.63, 3.8) is 0 Å². The van der Waals surface area contributed by atoms with Crippen LogP contribution in [-0.4, -0.2) is 48.7 Å². The molecule has 0 bridgehead atoms. The Bertz CT molecular complexity index is 1990. The minimum atomic E-state index is -1.46. The van der Waals surface area contributed by atoms with Crippen LogP contribution in [0.1, 0.15) is 48.5 Å². The summed E-state index contributed by atoms with van der Waals surface area (Å²) in [5.41, 5.74) is 0.491. The van der Waals surface area contributed by atoms with Gasteiger partial charge in [0.05, 0.1) is 53.8 Å². The number of hydrogen-bond acceptors (Lipinski definition) is 8. The third-order valence-corrected chi connectivity index (χ3v) is 11.1. The first-order chi connectivity index (χ1) is 23.3. The second-order valence-corrected chi connectivity index (χ2v) is 13.5. The fraction of sp³-hybridized carbons (Fsp3) is 0.324. The maximum absolute atomic E-state index is 14.7. The van der Waals surface area contributed by atoms with E-state index in [1.54, 1.807) is 31.2 Å². The van der Waals surface area contributed by atoms with Crippen molar-refractivity contribution in [3.05, 3.63) is 88.2 Å². The van der Waals surface area contributed by atoms with Crippen LogP contribution >= 0.6 is 11.6 Å². The number of nitrogens with zero attached hydrogens (tertiary/aromatic N) is 2. The zero-order valence-electron chi connectivity index (χ0n) is 27.0. The van der Waals surface area contributed by atoms with Crippen molar-refractivity contribution in [1.82, 2.24) is 0 Å². The van der Waals surface area contributed by atoms with Gasteiger partial charge in [-0.2, -0.15) is 0 Å². The Labute approximate surface area is 286 Å². The molecule has 2 heterocycles. The molecule has 1 N–H and O–H groups in total. The summed E-state index contributed by atoms with van der Waals surface area (Å²) >= 11 is 6.09. The van der Waals surface area contributed by atoms with Crippen LogP contribution in [0.5, 0.6) is 17.2 Å². The summed E-state index contributed by atoms with van der Waals surface area (Å²) in [6, 6.07) is 12.7. The number of benzene rings is 3. The highest BCUT2D eigenvalue weighted by atomic mass is 35.5. The van der Waals surface area contributed by atoms with Crippen LogP contribution in [-0.2, 0) is 19.2 Å². The number of rotatable bonds is 6. The summed E-state index contributed by atoms with van der Waals surface area (Å²) in [5, 5.41) is 10.3. The molecule has 2 aliphatic heterocycles. The molecule has 3 aromatic carbocycles. The first-order valence-corrected chi connectivity index (χ1v) is 16.2. The van der Waals surface area contributed by atoms with E-state index < -0.39 is 58.5 Å². The van der Waals surface area contributed by atoms with Crippen LogP contribution in [0.15, 0.2) is 66.2 Å². The van der Waals surface area contributed by atoms with Gasteiger partial charge in [-0.3, -0.25) is 28.9 Å². The molecule has 7 rings (SSSR count). The molecule has 4 aliphatic rings. The Balaban J connectivity index is 1.40. The fourth-order valence-corrected chi connectivity index (χ4v) is 8.68. The molecule has 4 amide bonds. The predicted octanol–water partition coefficient (Wildman–Crippen LogP) is 5.84. The highest BCUT2D eigenvalue weighted by molar-refractivity contribution is 6.32. The van der Waals surface area contributed by atoms with E-state index in [1.807, 2.05) is 6.08 Å². The first-order valence-electron chi connectivity index (χ1n) is 15.8. The molecule has 2 aliphatic carbocycles. The molecule has 2 saturated heterocycles. The van der Waals surface area contributed by atoms with Gasteiger partial charge in [0.25, 0.3) is 0 Å². The van der Waals surface area contributed by atoms with Gasteiger partial charge in [0, 0.05) is 29.2 Å². The number of imide groups is 2. The number of aromatic hydroxyl groups is 1. The number of allylic oxidation sites excluding steroid dienone is 2. The van der Waals surface area contributed by atoms with Gasteiger partial charge in [-0.1, -0.05) is 23.3 Å². The van der Waals surface area contributed by atoms with Crippen LogP contribution in [0.25, 0.3) is 0 Å². The topological polar surface area (TPSA) is 131 Å². The number of carbonyl (C=O) groups is 5. The summed E-state index contributed by atoms with van der Waals surface area (Å²) in [6.07, 6.45) is 2.16. The Morgan fingerprint density at radius 2 is 1.53 bits per heavy atom. The number of phenolic OH excluding ortho intramolecular Hbond substituents is 1. The zero-order chi connectivity index (χ0) is 35.1. The average molecular weight is 687 g/mol. The average Bonchev–Trinajstić information content (AvgIpc) is 3.45. The third kappa shape index (κ3) is 4.62. The van der Waals surface area contributed by atoms with Crippen LogP contribution in [0, 0.1) is 34.9 Å². The smallest absolute Gasteiger partial charge is 0.241 e. The SMILES string of the molecule is COc1cc(O)cc(OC)c1C1C2=CCC3C(=O)N(c4ccc(C(C)=O)cc4)C(=O)C3C2CC2C(=O)N(c3ccc(F)c(Cl)c3)C(=O)C21C. The number of hydrogen-bond donors (Lipinski definition) is 1. The minimum absolute atomic E-state index is 0.0782. The number of carbonyl (C=O) groups excluding carboxylic acids is 5. The molecular weight excluding hydrogens is 655 g/mol. The molecule has 10 nitrogen and oxygen atoms in total. The molecule has 0 spiro atoms. The summed E-state index contributed by atoms with van der Waals surface area (Å²) in [4.78, 5) is 71.4. The third-order valence-electron chi connectivity index (χ3n) is 10.8. The Morgan fingerprint density at radius 1 is 0.898 bits per heavy atom. The number of ether oxygens (including phenoxy) is 2. The van der Waals surface area contributed by atoms with Crippen LogP contribution in [0.2, 0.25) is 5.02 Å². The van der Waals surface area contributed by atoms with E-state index in [1.165, 1.54) is 45.4 Å². The maximum Gasteiger partial charge on any atom is 0.241 e. The molecule has 3 fully saturated rings. The molecular formula is C37H32ClFN2O8. The standard InChI is InChI=1S/C37H32ClFN2O8/c1-17(42)18-5-7-19(8-6-18)40-33(44)23-11-10-22-24(30(23)35(40)46)16-25-34(45)41(20-9-12-27(39)26(38)13-20)36(47)37(25,2)32(22)31-28(48-3)14-21(43)15-29(31)49-4/h5-10,12-15,23-25,30,32,43H,11,16H2,1-4H3. The molecule has 49 heavy (non-hydrogen) atoms. The lowest BCUT2D eigenvalue weighted by Gasteiger charge is -2.49. The Morgan fingerprint density at radius 3 is 2.12 bits per heavy atom. The number of amides is 4. The number of halogens is 2. The first kappa shape index (κ1) is 32.5. The van der Waals surface area contributed by atoms with Crippen LogP contribution in [0.3, 0.4) is 0 Å². The maximum atomic E-state index is 14.7. The molecule has 6 atom stereocenters. The molecule has 6 unspecified atom stereocenters. The minimum Gasteiger partial charge on any atom is -0.508 e. The van der Waals surface area contributed by atoms with Crippen molar-refractivity contribution >= 4 is 52.4 Å². The number of Topliss-reactive ketones (excluding diaryl/α,β-unsaturated/α-hetero) is 1. The summed E-state index contributed by atoms with van der Waals surface area (Å²) < 4.78 is 25.7.